The van der Waals surface area contributed by atoms with Crippen molar-refractivity contribution in [2.24, 2.45) is 0 Å². The van der Waals surface area contributed by atoms with Crippen LogP contribution in [0.2, 0.25) is 0 Å². The first-order valence-electron chi connectivity index (χ1n) is 10.8. The number of nitrogens with zero attached hydrogens (tertiary/aromatic N) is 3. The van der Waals surface area contributed by atoms with Crippen LogP contribution in [0.15, 0.2) is 48.7 Å². The molecular weight excluding hydrogens is 450 g/mol. The van der Waals surface area contributed by atoms with Crippen LogP contribution in [0.5, 0.6) is 0 Å². The van der Waals surface area contributed by atoms with Crippen molar-refractivity contribution < 1.29 is 22.4 Å². The van der Waals surface area contributed by atoms with Gasteiger partial charge in [0.1, 0.15) is 17.8 Å². The number of anilines is 1. The molecule has 0 unspecified atom stereocenters. The summed E-state index contributed by atoms with van der Waals surface area (Å²) >= 11 is 0. The van der Waals surface area contributed by atoms with Crippen LogP contribution in [0, 0.1) is 12.7 Å². The summed E-state index contributed by atoms with van der Waals surface area (Å²) in [6.07, 6.45) is -1.17. The summed E-state index contributed by atoms with van der Waals surface area (Å²) in [4.78, 5) is 16.5. The maximum absolute atomic E-state index is 14.4. The average Bonchev–Trinajstić information content (AvgIpc) is 2.80. The first-order valence-corrected chi connectivity index (χ1v) is 10.8. The summed E-state index contributed by atoms with van der Waals surface area (Å²) < 4.78 is 52.9. The summed E-state index contributed by atoms with van der Waals surface area (Å²) in [5.74, 6) is -0.951. The SMILES string of the molecule is Cc1cccnc1[C@]1(CNc2ccc(-c3cc(C(=O)NCC(F)F)ccc3F)nn2)C[C@@H](F)C1. The second-order valence-corrected chi connectivity index (χ2v) is 8.41. The summed E-state index contributed by atoms with van der Waals surface area (Å²) in [6.45, 7) is 1.56. The number of rotatable bonds is 8. The minimum Gasteiger partial charge on any atom is -0.368 e. The molecule has 1 saturated carbocycles. The van der Waals surface area contributed by atoms with Crippen molar-refractivity contribution in [1.29, 1.82) is 0 Å². The van der Waals surface area contributed by atoms with Crippen molar-refractivity contribution in [2.75, 3.05) is 18.4 Å². The number of amides is 1. The van der Waals surface area contributed by atoms with E-state index in [1.807, 2.05) is 19.1 Å². The van der Waals surface area contributed by atoms with Gasteiger partial charge in [-0.2, -0.15) is 0 Å². The Morgan fingerprint density at radius 1 is 1.18 bits per heavy atom. The van der Waals surface area contributed by atoms with E-state index in [0.717, 1.165) is 17.3 Å². The Hall–Kier alpha value is -3.56. The number of carbonyl (C=O) groups is 1. The first kappa shape index (κ1) is 23.6. The summed E-state index contributed by atoms with van der Waals surface area (Å²) in [5, 5.41) is 13.4. The lowest BCUT2D eigenvalue weighted by Crippen LogP contribution is -2.48. The second-order valence-electron chi connectivity index (χ2n) is 8.41. The third-order valence-corrected chi connectivity index (χ3v) is 5.93. The van der Waals surface area contributed by atoms with Crippen LogP contribution >= 0.6 is 0 Å². The lowest BCUT2D eigenvalue weighted by Gasteiger charge is -2.44. The maximum atomic E-state index is 14.4. The van der Waals surface area contributed by atoms with Gasteiger partial charge >= 0.3 is 0 Å². The van der Waals surface area contributed by atoms with Crippen molar-refractivity contribution >= 4 is 11.7 Å². The lowest BCUT2D eigenvalue weighted by molar-refractivity contribution is 0.0891. The highest BCUT2D eigenvalue weighted by atomic mass is 19.3. The van der Waals surface area contributed by atoms with Gasteiger partial charge in [-0.1, -0.05) is 6.07 Å². The molecule has 1 aliphatic carbocycles. The van der Waals surface area contributed by atoms with Crippen LogP contribution in [0.4, 0.5) is 23.4 Å². The first-order chi connectivity index (χ1) is 16.3. The molecule has 1 fully saturated rings. The highest BCUT2D eigenvalue weighted by molar-refractivity contribution is 5.95. The monoisotopic (exact) mass is 473 g/mol. The number of aryl methyl sites for hydroxylation is 1. The Labute approximate surface area is 193 Å². The molecule has 10 heteroatoms. The molecule has 1 aromatic carbocycles. The number of halogens is 4. The van der Waals surface area contributed by atoms with Gasteiger partial charge < -0.3 is 10.6 Å². The second kappa shape index (κ2) is 9.74. The zero-order valence-corrected chi connectivity index (χ0v) is 18.4. The van der Waals surface area contributed by atoms with Gasteiger partial charge in [0.15, 0.2) is 0 Å². The fraction of sp³-hybridized carbons (Fsp3) is 0.333. The van der Waals surface area contributed by atoms with Crippen LogP contribution in [-0.4, -0.2) is 46.8 Å². The Balaban J connectivity index is 1.48. The number of alkyl halides is 3. The van der Waals surface area contributed by atoms with E-state index in [4.69, 9.17) is 0 Å². The largest absolute Gasteiger partial charge is 0.368 e. The molecule has 0 aliphatic heterocycles. The number of aromatic nitrogens is 3. The van der Waals surface area contributed by atoms with Crippen LogP contribution in [0.1, 0.15) is 34.5 Å². The molecule has 0 radical (unpaired) electrons. The Morgan fingerprint density at radius 2 is 1.97 bits per heavy atom. The van der Waals surface area contributed by atoms with E-state index in [9.17, 15) is 22.4 Å². The van der Waals surface area contributed by atoms with Crippen molar-refractivity contribution in [3.63, 3.8) is 0 Å². The van der Waals surface area contributed by atoms with E-state index in [-0.39, 0.29) is 16.8 Å². The van der Waals surface area contributed by atoms with E-state index >= 15 is 0 Å². The molecule has 4 rings (SSSR count). The van der Waals surface area contributed by atoms with Crippen LogP contribution < -0.4 is 10.6 Å². The average molecular weight is 473 g/mol. The fourth-order valence-electron chi connectivity index (χ4n) is 4.22. The lowest BCUT2D eigenvalue weighted by atomic mass is 9.64. The summed E-state index contributed by atoms with van der Waals surface area (Å²) in [5.41, 5.74) is 1.62. The predicted molar refractivity (Wildman–Crippen MR) is 119 cm³/mol. The molecule has 0 atom stereocenters. The summed E-state index contributed by atoms with van der Waals surface area (Å²) in [7, 11) is 0. The van der Waals surface area contributed by atoms with Crippen molar-refractivity contribution in [2.45, 2.75) is 37.8 Å². The molecule has 0 saturated heterocycles. The van der Waals surface area contributed by atoms with Crippen molar-refractivity contribution in [3.8, 4) is 11.3 Å². The highest BCUT2D eigenvalue weighted by Gasteiger charge is 2.47. The van der Waals surface area contributed by atoms with E-state index in [0.29, 0.717) is 25.2 Å². The van der Waals surface area contributed by atoms with Gasteiger partial charge in [0.2, 0.25) is 0 Å². The van der Waals surface area contributed by atoms with Crippen molar-refractivity contribution in [3.05, 3.63) is 71.3 Å². The zero-order valence-electron chi connectivity index (χ0n) is 18.4. The van der Waals surface area contributed by atoms with E-state index < -0.39 is 36.3 Å². The molecule has 1 aliphatic rings. The fourth-order valence-corrected chi connectivity index (χ4v) is 4.22. The smallest absolute Gasteiger partial charge is 0.255 e. The number of carbonyl (C=O) groups excluding carboxylic acids is 1. The van der Waals surface area contributed by atoms with Gasteiger partial charge in [-0.15, -0.1) is 10.2 Å². The van der Waals surface area contributed by atoms with Crippen LogP contribution in [0.3, 0.4) is 0 Å². The van der Waals surface area contributed by atoms with Crippen LogP contribution in [0.25, 0.3) is 11.3 Å². The Kier molecular flexibility index (Phi) is 6.76. The third kappa shape index (κ3) is 5.00. The maximum Gasteiger partial charge on any atom is 0.255 e. The highest BCUT2D eigenvalue weighted by Crippen LogP contribution is 2.45. The Morgan fingerprint density at radius 3 is 2.62 bits per heavy atom. The number of pyridine rings is 1. The normalized spacial score (nSPS) is 19.5. The van der Waals surface area contributed by atoms with Gasteiger partial charge in [-0.05, 0) is 61.7 Å². The standard InChI is InChI=1S/C24H23F4N5O/c1-14-3-2-8-29-22(14)24(10-16(25)11-24)13-31-21-7-6-19(32-33-21)17-9-15(4-5-18(17)26)23(34)30-12-20(27)28/h2-9,16,20H,10-13H2,1H3,(H,30,34)(H,31,33)/t16-,24-. The Bertz CT molecular complexity index is 1170. The molecule has 0 spiro atoms. The molecule has 178 valence electrons. The molecule has 3 aromatic rings. The van der Waals surface area contributed by atoms with Gasteiger partial charge in [0.25, 0.3) is 12.3 Å². The number of nitrogens with one attached hydrogen (secondary N) is 2. The van der Waals surface area contributed by atoms with Gasteiger partial charge in [0, 0.05) is 29.3 Å². The van der Waals surface area contributed by atoms with E-state index in [1.54, 1.807) is 12.3 Å². The zero-order chi connectivity index (χ0) is 24.3. The quantitative estimate of drug-likeness (QED) is 0.472. The molecule has 0 bridgehead atoms. The topological polar surface area (TPSA) is 79.8 Å². The molecule has 1 amide bonds. The van der Waals surface area contributed by atoms with E-state index in [1.165, 1.54) is 18.2 Å². The molecular formula is C24H23F4N5O. The number of hydrogen-bond donors (Lipinski definition) is 2. The summed E-state index contributed by atoms with van der Waals surface area (Å²) in [6, 6.07) is 10.4. The minimum absolute atomic E-state index is 0.0172. The van der Waals surface area contributed by atoms with E-state index in [2.05, 4.69) is 25.8 Å². The van der Waals surface area contributed by atoms with Gasteiger partial charge in [-0.3, -0.25) is 9.78 Å². The minimum atomic E-state index is -2.69. The number of hydrogen-bond acceptors (Lipinski definition) is 5. The number of benzene rings is 1. The van der Waals surface area contributed by atoms with Gasteiger partial charge in [0.05, 0.1) is 17.9 Å². The molecule has 6 nitrogen and oxygen atoms in total. The molecule has 2 N–H and O–H groups in total. The molecule has 34 heavy (non-hydrogen) atoms. The molecule has 2 aromatic heterocycles. The van der Waals surface area contributed by atoms with Crippen molar-refractivity contribution in [1.82, 2.24) is 20.5 Å². The van der Waals surface area contributed by atoms with Crippen LogP contribution in [-0.2, 0) is 5.41 Å². The molecule has 2 heterocycles. The predicted octanol–water partition coefficient (Wildman–Crippen LogP) is 4.46. The third-order valence-electron chi connectivity index (χ3n) is 5.93. The van der Waals surface area contributed by atoms with Gasteiger partial charge in [-0.25, -0.2) is 17.6 Å².